The Kier molecular flexibility index (Phi) is 4.62. The summed E-state index contributed by atoms with van der Waals surface area (Å²) in [7, 11) is 0. The quantitative estimate of drug-likeness (QED) is 0.713. The van der Waals surface area contributed by atoms with Gasteiger partial charge < -0.3 is 9.47 Å². The molecule has 0 saturated carbocycles. The van der Waals surface area contributed by atoms with E-state index >= 15 is 0 Å². The number of ether oxygens (including phenoxy) is 2. The first kappa shape index (κ1) is 11.2. The fraction of sp³-hybridized carbons (Fsp3) is 0.556. The monoisotopic (exact) mass is 218 g/mol. The van der Waals surface area contributed by atoms with E-state index in [0.29, 0.717) is 25.1 Å². The molecule has 0 aromatic heterocycles. The summed E-state index contributed by atoms with van der Waals surface area (Å²) in [4.78, 5) is 0. The van der Waals surface area contributed by atoms with Crippen molar-refractivity contribution in [2.75, 3.05) is 19.9 Å². The molecule has 1 rings (SSSR count). The zero-order valence-corrected chi connectivity index (χ0v) is 9.17. The Balaban J connectivity index is 2.45. The second-order valence-electron chi connectivity index (χ2n) is 2.63. The van der Waals surface area contributed by atoms with E-state index in [0.717, 1.165) is 5.76 Å². The van der Waals surface area contributed by atoms with Gasteiger partial charge >= 0.3 is 0 Å². The average Bonchev–Trinajstić information content (AvgIpc) is 2.17. The molecule has 0 radical (unpaired) electrons. The second-order valence-corrected chi connectivity index (χ2v) is 3.01. The van der Waals surface area contributed by atoms with E-state index in [1.54, 1.807) is 17.3 Å². The average molecular weight is 219 g/mol. The Hall–Kier alpha value is -0.870. The van der Waals surface area contributed by atoms with Crippen molar-refractivity contribution < 1.29 is 9.47 Å². The molecule has 14 heavy (non-hydrogen) atoms. The van der Waals surface area contributed by atoms with Gasteiger partial charge in [0.2, 0.25) is 0 Å². The summed E-state index contributed by atoms with van der Waals surface area (Å²) in [6.45, 7) is 5.56. The van der Waals surface area contributed by atoms with Crippen LogP contribution in [-0.4, -0.2) is 25.0 Å². The van der Waals surface area contributed by atoms with Crippen LogP contribution in [-0.2, 0) is 9.47 Å². The zero-order valence-electron chi connectivity index (χ0n) is 8.42. The molecule has 1 aliphatic rings. The number of hydrazine groups is 1. The summed E-state index contributed by atoms with van der Waals surface area (Å²) in [6.07, 6.45) is 3.50. The summed E-state index contributed by atoms with van der Waals surface area (Å²) >= 11 is 5.97. The number of hydrogen-bond donors (Lipinski definition) is 1. The smallest absolute Gasteiger partial charge is 0.139 e. The van der Waals surface area contributed by atoms with Crippen LogP contribution in [0.3, 0.4) is 0 Å². The van der Waals surface area contributed by atoms with Crippen molar-refractivity contribution in [1.82, 2.24) is 10.4 Å². The number of allylic oxidation sites excluding steroid dienone is 1. The molecule has 0 unspecified atom stereocenters. The van der Waals surface area contributed by atoms with Crippen LogP contribution < -0.4 is 5.43 Å². The maximum atomic E-state index is 5.97. The first-order valence-electron chi connectivity index (χ1n) is 4.59. The highest BCUT2D eigenvalue weighted by atomic mass is 35.5. The van der Waals surface area contributed by atoms with Crippen molar-refractivity contribution >= 4 is 11.6 Å². The first-order chi connectivity index (χ1) is 6.77. The van der Waals surface area contributed by atoms with Crippen molar-refractivity contribution in [3.05, 3.63) is 23.2 Å². The third-order valence-electron chi connectivity index (χ3n) is 1.62. The molecule has 5 heteroatoms. The normalized spacial score (nSPS) is 15.8. The number of halogens is 1. The molecule has 0 saturated heterocycles. The third kappa shape index (κ3) is 3.12. The lowest BCUT2D eigenvalue weighted by atomic mass is 10.4. The lowest BCUT2D eigenvalue weighted by molar-refractivity contribution is 0.0390. The number of rotatable bonds is 5. The molecule has 80 valence electrons. The van der Waals surface area contributed by atoms with Gasteiger partial charge in [-0.2, -0.15) is 0 Å². The van der Waals surface area contributed by atoms with E-state index in [4.69, 9.17) is 21.1 Å². The molecule has 0 spiro atoms. The van der Waals surface area contributed by atoms with Crippen LogP contribution in [0.15, 0.2) is 23.2 Å². The van der Waals surface area contributed by atoms with E-state index in [1.807, 2.05) is 13.8 Å². The number of hydrogen-bond acceptors (Lipinski definition) is 4. The topological polar surface area (TPSA) is 33.7 Å². The van der Waals surface area contributed by atoms with E-state index in [-0.39, 0.29) is 0 Å². The van der Waals surface area contributed by atoms with Gasteiger partial charge in [-0.05, 0) is 13.8 Å². The van der Waals surface area contributed by atoms with Crippen LogP contribution in [0, 0.1) is 0 Å². The Morgan fingerprint density at radius 2 is 2.21 bits per heavy atom. The minimum absolute atomic E-state index is 0.418. The molecule has 0 amide bonds. The van der Waals surface area contributed by atoms with Crippen molar-refractivity contribution in [3.8, 4) is 0 Å². The maximum absolute atomic E-state index is 5.97. The summed E-state index contributed by atoms with van der Waals surface area (Å²) in [5.74, 6) is 0.727. The Morgan fingerprint density at radius 3 is 2.79 bits per heavy atom. The maximum Gasteiger partial charge on any atom is 0.139 e. The third-order valence-corrected chi connectivity index (χ3v) is 1.93. The van der Waals surface area contributed by atoms with Crippen molar-refractivity contribution in [2.45, 2.75) is 13.8 Å². The van der Waals surface area contributed by atoms with Gasteiger partial charge in [0, 0.05) is 12.7 Å². The van der Waals surface area contributed by atoms with Gasteiger partial charge in [0.1, 0.15) is 17.6 Å². The standard InChI is InChI=1S/C9H15ClN2O2/c1-3-13-7-12-9(10)5-8(6-11-12)14-4-2/h5-6,11H,3-4,7H2,1-2H3. The van der Waals surface area contributed by atoms with E-state index in [9.17, 15) is 0 Å². The van der Waals surface area contributed by atoms with Gasteiger partial charge in [-0.3, -0.25) is 10.4 Å². The summed E-state index contributed by atoms with van der Waals surface area (Å²) in [5.41, 5.74) is 2.96. The Morgan fingerprint density at radius 1 is 1.43 bits per heavy atom. The van der Waals surface area contributed by atoms with Crippen molar-refractivity contribution in [2.24, 2.45) is 0 Å². The molecule has 1 N–H and O–H groups in total. The molecule has 0 atom stereocenters. The summed E-state index contributed by atoms with van der Waals surface area (Å²) in [5, 5.41) is 2.25. The van der Waals surface area contributed by atoms with Gasteiger partial charge in [-0.15, -0.1) is 0 Å². The van der Waals surface area contributed by atoms with Crippen molar-refractivity contribution in [3.63, 3.8) is 0 Å². The molecule has 0 fully saturated rings. The van der Waals surface area contributed by atoms with E-state index in [1.165, 1.54) is 0 Å². The fourth-order valence-corrected chi connectivity index (χ4v) is 1.18. The predicted molar refractivity (Wildman–Crippen MR) is 55.1 cm³/mol. The zero-order chi connectivity index (χ0) is 10.4. The fourth-order valence-electron chi connectivity index (χ4n) is 0.972. The van der Waals surface area contributed by atoms with Crippen molar-refractivity contribution in [1.29, 1.82) is 0 Å². The lowest BCUT2D eigenvalue weighted by Gasteiger charge is -2.26. The predicted octanol–water partition coefficient (Wildman–Crippen LogP) is 1.76. The van der Waals surface area contributed by atoms with E-state index < -0.39 is 0 Å². The molecule has 4 nitrogen and oxygen atoms in total. The molecule has 0 aliphatic carbocycles. The number of nitrogens with one attached hydrogen (secondary N) is 1. The van der Waals surface area contributed by atoms with E-state index in [2.05, 4.69) is 5.43 Å². The Bertz CT molecular complexity index is 241. The highest BCUT2D eigenvalue weighted by molar-refractivity contribution is 6.29. The van der Waals surface area contributed by atoms with Gasteiger partial charge in [0.25, 0.3) is 0 Å². The minimum atomic E-state index is 0.418. The summed E-state index contributed by atoms with van der Waals surface area (Å²) < 4.78 is 10.5. The second kappa shape index (κ2) is 5.78. The number of nitrogens with zero attached hydrogens (tertiary/aromatic N) is 1. The minimum Gasteiger partial charge on any atom is -0.492 e. The van der Waals surface area contributed by atoms with Gasteiger partial charge in [0.15, 0.2) is 0 Å². The summed E-state index contributed by atoms with van der Waals surface area (Å²) in [6, 6.07) is 0. The molecule has 0 aromatic rings. The van der Waals surface area contributed by atoms with Crippen LogP contribution in [0.25, 0.3) is 0 Å². The van der Waals surface area contributed by atoms with Gasteiger partial charge in [0.05, 0.1) is 12.8 Å². The highest BCUT2D eigenvalue weighted by Gasteiger charge is 2.11. The van der Waals surface area contributed by atoms with Crippen LogP contribution in [0.5, 0.6) is 0 Å². The van der Waals surface area contributed by atoms with Crippen LogP contribution in [0.4, 0.5) is 0 Å². The molecule has 0 aromatic carbocycles. The Labute approximate surface area is 89.1 Å². The largest absolute Gasteiger partial charge is 0.492 e. The van der Waals surface area contributed by atoms with Crippen LogP contribution in [0.2, 0.25) is 0 Å². The highest BCUT2D eigenvalue weighted by Crippen LogP contribution is 2.15. The lowest BCUT2D eigenvalue weighted by Crippen LogP contribution is -2.36. The molecular weight excluding hydrogens is 204 g/mol. The van der Waals surface area contributed by atoms with Gasteiger partial charge in [-0.1, -0.05) is 11.6 Å². The first-order valence-corrected chi connectivity index (χ1v) is 4.97. The van der Waals surface area contributed by atoms with Gasteiger partial charge in [-0.25, -0.2) is 0 Å². The SMILES string of the molecule is CCOCN1NC=C(OCC)C=C1Cl. The molecular formula is C9H15ClN2O2. The molecule has 0 bridgehead atoms. The molecule has 1 heterocycles. The molecule has 1 aliphatic heterocycles. The van der Waals surface area contributed by atoms with Crippen LogP contribution in [0.1, 0.15) is 13.8 Å². The van der Waals surface area contributed by atoms with Crippen LogP contribution >= 0.6 is 11.6 Å².